The molecule has 0 spiro atoms. The molecule has 0 unspecified atom stereocenters. The van der Waals surface area contributed by atoms with E-state index in [-0.39, 0.29) is 5.91 Å². The Bertz CT molecular complexity index is 692. The number of nitrogens with zero attached hydrogens (tertiary/aromatic N) is 3. The minimum atomic E-state index is -0.0648. The van der Waals surface area contributed by atoms with E-state index < -0.39 is 0 Å². The second-order valence-electron chi connectivity index (χ2n) is 6.74. The maximum absolute atomic E-state index is 12.2. The van der Waals surface area contributed by atoms with Crippen molar-refractivity contribution in [3.63, 3.8) is 0 Å². The van der Waals surface area contributed by atoms with E-state index in [1.165, 1.54) is 32.1 Å². The summed E-state index contributed by atoms with van der Waals surface area (Å²) in [5, 5.41) is 6.99. The Hall–Kier alpha value is -2.37. The summed E-state index contributed by atoms with van der Waals surface area (Å²) in [6.07, 6.45) is 12.8. The third-order valence-corrected chi connectivity index (χ3v) is 4.63. The van der Waals surface area contributed by atoms with Crippen molar-refractivity contribution in [3.05, 3.63) is 36.3 Å². The molecule has 0 radical (unpaired) electrons. The number of anilines is 1. The lowest BCUT2D eigenvalue weighted by molar-refractivity contribution is -0.116. The van der Waals surface area contributed by atoms with Crippen LogP contribution in [0, 0.1) is 5.92 Å². The molecule has 1 aliphatic carbocycles. The van der Waals surface area contributed by atoms with Gasteiger partial charge in [0.15, 0.2) is 11.6 Å². The van der Waals surface area contributed by atoms with Crippen molar-refractivity contribution in [3.8, 4) is 5.75 Å². The molecule has 1 amide bonds. The predicted molar refractivity (Wildman–Crippen MR) is 96.5 cm³/mol. The molecule has 3 rings (SSSR count). The topological polar surface area (TPSA) is 69.0 Å². The number of ether oxygens (including phenoxy) is 1. The Morgan fingerprint density at radius 1 is 1.36 bits per heavy atom. The molecule has 134 valence electrons. The fourth-order valence-electron chi connectivity index (χ4n) is 3.22. The van der Waals surface area contributed by atoms with Crippen molar-refractivity contribution < 1.29 is 9.53 Å². The average Bonchev–Trinajstić information content (AvgIpc) is 3.05. The zero-order valence-corrected chi connectivity index (χ0v) is 14.8. The number of carbonyl (C=O) groups excluding carboxylic acids is 1. The zero-order chi connectivity index (χ0) is 17.5. The minimum absolute atomic E-state index is 0.0648. The molecule has 1 saturated carbocycles. The summed E-state index contributed by atoms with van der Waals surface area (Å²) in [5.41, 5.74) is 1.05. The second kappa shape index (κ2) is 8.65. The smallest absolute Gasteiger partial charge is 0.225 e. The number of hydrogen-bond acceptors (Lipinski definition) is 4. The van der Waals surface area contributed by atoms with E-state index in [2.05, 4.69) is 15.4 Å². The average molecular weight is 342 g/mol. The fourth-order valence-corrected chi connectivity index (χ4v) is 3.22. The number of aryl methyl sites for hydroxylation is 2. The monoisotopic (exact) mass is 342 g/mol. The van der Waals surface area contributed by atoms with Crippen LogP contribution in [0.5, 0.6) is 5.75 Å². The number of pyridine rings is 1. The molecule has 6 heteroatoms. The molecule has 0 saturated heterocycles. The van der Waals surface area contributed by atoms with Gasteiger partial charge in [-0.2, -0.15) is 5.10 Å². The van der Waals surface area contributed by atoms with Crippen molar-refractivity contribution >= 4 is 11.7 Å². The molecule has 2 aromatic heterocycles. The van der Waals surface area contributed by atoms with Crippen LogP contribution in [0.4, 0.5) is 5.82 Å². The summed E-state index contributed by atoms with van der Waals surface area (Å²) in [5.74, 6) is 1.71. The van der Waals surface area contributed by atoms with Crippen LogP contribution in [0.3, 0.4) is 0 Å². The van der Waals surface area contributed by atoms with Crippen molar-refractivity contribution in [2.24, 2.45) is 13.0 Å². The lowest BCUT2D eigenvalue weighted by Crippen LogP contribution is -2.18. The molecule has 0 aliphatic heterocycles. The maximum Gasteiger partial charge on any atom is 0.225 e. The standard InChI is InChI=1S/C19H26N4O2/c1-23-13-16(12-21-23)9-10-18(24)22-19-17(8-5-11-20-19)25-14-15-6-3-2-4-7-15/h5,8,11-13,15H,2-4,6-7,9-10,14H2,1H3,(H,20,22,24). The molecule has 1 N–H and O–H groups in total. The highest BCUT2D eigenvalue weighted by molar-refractivity contribution is 5.91. The quantitative estimate of drug-likeness (QED) is 0.838. The van der Waals surface area contributed by atoms with Gasteiger partial charge in [0.05, 0.1) is 12.8 Å². The lowest BCUT2D eigenvalue weighted by atomic mass is 9.90. The molecule has 0 atom stereocenters. The first-order valence-corrected chi connectivity index (χ1v) is 9.06. The number of amides is 1. The van der Waals surface area contributed by atoms with E-state index in [0.29, 0.717) is 36.9 Å². The van der Waals surface area contributed by atoms with Crippen molar-refractivity contribution in [1.29, 1.82) is 0 Å². The van der Waals surface area contributed by atoms with E-state index in [9.17, 15) is 4.79 Å². The number of hydrogen-bond donors (Lipinski definition) is 1. The summed E-state index contributed by atoms with van der Waals surface area (Å²) < 4.78 is 7.69. The summed E-state index contributed by atoms with van der Waals surface area (Å²) in [6, 6.07) is 3.70. The predicted octanol–water partition coefficient (Wildman–Crippen LogP) is 3.35. The number of aromatic nitrogens is 3. The maximum atomic E-state index is 12.2. The van der Waals surface area contributed by atoms with E-state index in [0.717, 1.165) is 5.56 Å². The largest absolute Gasteiger partial charge is 0.489 e. The molecular weight excluding hydrogens is 316 g/mol. The Labute approximate surface area is 148 Å². The van der Waals surface area contributed by atoms with Gasteiger partial charge in [-0.3, -0.25) is 9.48 Å². The van der Waals surface area contributed by atoms with Crippen molar-refractivity contribution in [2.45, 2.75) is 44.9 Å². The summed E-state index contributed by atoms with van der Waals surface area (Å²) >= 11 is 0. The Morgan fingerprint density at radius 2 is 2.20 bits per heavy atom. The number of rotatable bonds is 7. The van der Waals surface area contributed by atoms with Crippen LogP contribution in [-0.4, -0.2) is 27.3 Å². The molecule has 1 aliphatic rings. The van der Waals surface area contributed by atoms with Gasteiger partial charge < -0.3 is 10.1 Å². The van der Waals surface area contributed by atoms with E-state index in [4.69, 9.17) is 4.74 Å². The Morgan fingerprint density at radius 3 is 2.96 bits per heavy atom. The van der Waals surface area contributed by atoms with Gasteiger partial charge in [-0.25, -0.2) is 4.98 Å². The third kappa shape index (κ3) is 5.31. The van der Waals surface area contributed by atoms with Gasteiger partial charge in [0.2, 0.25) is 5.91 Å². The van der Waals surface area contributed by atoms with Crippen LogP contribution in [0.15, 0.2) is 30.7 Å². The molecular formula is C19H26N4O2. The Balaban J connectivity index is 1.51. The highest BCUT2D eigenvalue weighted by atomic mass is 16.5. The second-order valence-corrected chi connectivity index (χ2v) is 6.74. The number of nitrogens with one attached hydrogen (secondary N) is 1. The van der Waals surface area contributed by atoms with Gasteiger partial charge in [0, 0.05) is 25.9 Å². The van der Waals surface area contributed by atoms with Gasteiger partial charge in [-0.05, 0) is 42.9 Å². The fraction of sp³-hybridized carbons (Fsp3) is 0.526. The van der Waals surface area contributed by atoms with E-state index in [1.54, 1.807) is 17.1 Å². The van der Waals surface area contributed by atoms with Crippen LogP contribution in [0.1, 0.15) is 44.1 Å². The highest BCUT2D eigenvalue weighted by Crippen LogP contribution is 2.27. The SMILES string of the molecule is Cn1cc(CCC(=O)Nc2ncccc2OCC2CCCCC2)cn1. The van der Waals surface area contributed by atoms with E-state index >= 15 is 0 Å². The van der Waals surface area contributed by atoms with Gasteiger partial charge >= 0.3 is 0 Å². The molecule has 2 heterocycles. The lowest BCUT2D eigenvalue weighted by Gasteiger charge is -2.22. The minimum Gasteiger partial charge on any atom is -0.489 e. The third-order valence-electron chi connectivity index (χ3n) is 4.63. The van der Waals surface area contributed by atoms with Gasteiger partial charge in [-0.1, -0.05) is 19.3 Å². The highest BCUT2D eigenvalue weighted by Gasteiger charge is 2.16. The molecule has 1 fully saturated rings. The van der Waals surface area contributed by atoms with Gasteiger partial charge in [0.1, 0.15) is 0 Å². The molecule has 2 aromatic rings. The van der Waals surface area contributed by atoms with Crippen LogP contribution in [0.25, 0.3) is 0 Å². The van der Waals surface area contributed by atoms with E-state index in [1.807, 2.05) is 25.4 Å². The van der Waals surface area contributed by atoms with Crippen LogP contribution in [0.2, 0.25) is 0 Å². The first-order chi connectivity index (χ1) is 12.2. The Kier molecular flexibility index (Phi) is 6.04. The first-order valence-electron chi connectivity index (χ1n) is 9.06. The summed E-state index contributed by atoms with van der Waals surface area (Å²) in [6.45, 7) is 0.699. The zero-order valence-electron chi connectivity index (χ0n) is 14.8. The molecule has 0 bridgehead atoms. The van der Waals surface area contributed by atoms with Crippen LogP contribution in [-0.2, 0) is 18.3 Å². The van der Waals surface area contributed by atoms with Crippen LogP contribution >= 0.6 is 0 Å². The van der Waals surface area contributed by atoms with Gasteiger partial charge in [-0.15, -0.1) is 0 Å². The van der Waals surface area contributed by atoms with Gasteiger partial charge in [0.25, 0.3) is 0 Å². The molecule has 6 nitrogen and oxygen atoms in total. The number of carbonyl (C=O) groups is 1. The first kappa shape index (κ1) is 17.5. The van der Waals surface area contributed by atoms with Crippen molar-refractivity contribution in [1.82, 2.24) is 14.8 Å². The van der Waals surface area contributed by atoms with Crippen molar-refractivity contribution in [2.75, 3.05) is 11.9 Å². The normalized spacial score (nSPS) is 15.1. The van der Waals surface area contributed by atoms with Crippen LogP contribution < -0.4 is 10.1 Å². The molecule has 0 aromatic carbocycles. The summed E-state index contributed by atoms with van der Waals surface area (Å²) in [4.78, 5) is 16.5. The molecule has 25 heavy (non-hydrogen) atoms. The summed E-state index contributed by atoms with van der Waals surface area (Å²) in [7, 11) is 1.87.